The molecule has 0 spiro atoms. The van der Waals surface area contributed by atoms with Crippen molar-refractivity contribution in [3.05, 3.63) is 30.6 Å². The SMILES string of the molecule is CCOc1cccc2c1nc(N)n2CCn1ccnn1. The summed E-state index contributed by atoms with van der Waals surface area (Å²) in [4.78, 5) is 4.40. The lowest BCUT2D eigenvalue weighted by molar-refractivity contribution is 0.343. The average Bonchev–Trinajstić information content (AvgIpc) is 3.05. The van der Waals surface area contributed by atoms with Crippen LogP contribution in [0, 0.1) is 0 Å². The van der Waals surface area contributed by atoms with E-state index in [1.807, 2.05) is 35.9 Å². The summed E-state index contributed by atoms with van der Waals surface area (Å²) in [6, 6.07) is 5.84. The van der Waals surface area contributed by atoms with Gasteiger partial charge in [0.05, 0.1) is 24.9 Å². The molecule has 20 heavy (non-hydrogen) atoms. The van der Waals surface area contributed by atoms with Gasteiger partial charge in [-0.3, -0.25) is 4.68 Å². The highest BCUT2D eigenvalue weighted by Crippen LogP contribution is 2.27. The molecule has 3 rings (SSSR count). The first-order valence-electron chi connectivity index (χ1n) is 6.51. The molecule has 0 atom stereocenters. The van der Waals surface area contributed by atoms with Crippen molar-refractivity contribution < 1.29 is 4.74 Å². The lowest BCUT2D eigenvalue weighted by Gasteiger charge is -2.07. The Bertz CT molecular complexity index is 703. The topological polar surface area (TPSA) is 83.8 Å². The number of aryl methyl sites for hydroxylation is 2. The highest BCUT2D eigenvalue weighted by atomic mass is 16.5. The van der Waals surface area contributed by atoms with Gasteiger partial charge < -0.3 is 15.0 Å². The van der Waals surface area contributed by atoms with Gasteiger partial charge in [-0.1, -0.05) is 11.3 Å². The molecule has 7 nitrogen and oxygen atoms in total. The summed E-state index contributed by atoms with van der Waals surface area (Å²) in [7, 11) is 0. The van der Waals surface area contributed by atoms with E-state index >= 15 is 0 Å². The first-order chi connectivity index (χ1) is 9.79. The molecule has 0 amide bonds. The zero-order chi connectivity index (χ0) is 13.9. The zero-order valence-corrected chi connectivity index (χ0v) is 11.2. The highest BCUT2D eigenvalue weighted by molar-refractivity contribution is 5.84. The van der Waals surface area contributed by atoms with Crippen LogP contribution in [0.4, 0.5) is 5.95 Å². The number of nitrogen functional groups attached to an aromatic ring is 1. The molecule has 2 heterocycles. The Kier molecular flexibility index (Phi) is 3.24. The Hall–Kier alpha value is -2.57. The van der Waals surface area contributed by atoms with Crippen molar-refractivity contribution in [1.29, 1.82) is 0 Å². The predicted octanol–water partition coefficient (Wildman–Crippen LogP) is 1.31. The molecule has 1 aromatic carbocycles. The molecule has 2 aromatic heterocycles. The fourth-order valence-electron chi connectivity index (χ4n) is 2.20. The number of hydrogen-bond donors (Lipinski definition) is 1. The van der Waals surface area contributed by atoms with Crippen molar-refractivity contribution in [2.75, 3.05) is 12.3 Å². The molecular formula is C13H16N6O. The van der Waals surface area contributed by atoms with E-state index in [9.17, 15) is 0 Å². The van der Waals surface area contributed by atoms with E-state index in [1.54, 1.807) is 10.9 Å². The van der Waals surface area contributed by atoms with E-state index in [4.69, 9.17) is 10.5 Å². The molecule has 0 fully saturated rings. The van der Waals surface area contributed by atoms with Crippen LogP contribution in [0.15, 0.2) is 30.6 Å². The van der Waals surface area contributed by atoms with Crippen molar-refractivity contribution in [3.8, 4) is 5.75 Å². The van der Waals surface area contributed by atoms with Crippen LogP contribution < -0.4 is 10.5 Å². The summed E-state index contributed by atoms with van der Waals surface area (Å²) in [6.07, 6.45) is 3.48. The lowest BCUT2D eigenvalue weighted by Crippen LogP contribution is -2.10. The standard InChI is InChI=1S/C13H16N6O/c1-2-20-11-5-3-4-10-12(11)16-13(14)19(10)9-8-18-7-6-15-17-18/h3-7H,2,8-9H2,1H3,(H2,14,16). The van der Waals surface area contributed by atoms with Gasteiger partial charge in [0.2, 0.25) is 5.95 Å². The minimum Gasteiger partial charge on any atom is -0.492 e. The Morgan fingerprint density at radius 1 is 1.30 bits per heavy atom. The summed E-state index contributed by atoms with van der Waals surface area (Å²) in [5.74, 6) is 1.24. The number of anilines is 1. The van der Waals surface area contributed by atoms with Gasteiger partial charge in [-0.25, -0.2) is 4.98 Å². The van der Waals surface area contributed by atoms with Crippen LogP contribution in [0.1, 0.15) is 6.92 Å². The van der Waals surface area contributed by atoms with E-state index in [1.165, 1.54) is 0 Å². The van der Waals surface area contributed by atoms with E-state index in [0.717, 1.165) is 16.8 Å². The van der Waals surface area contributed by atoms with E-state index < -0.39 is 0 Å². The number of hydrogen-bond acceptors (Lipinski definition) is 5. The smallest absolute Gasteiger partial charge is 0.201 e. The summed E-state index contributed by atoms with van der Waals surface area (Å²) in [6.45, 7) is 3.92. The van der Waals surface area contributed by atoms with Gasteiger partial charge >= 0.3 is 0 Å². The normalized spacial score (nSPS) is 11.1. The highest BCUT2D eigenvalue weighted by Gasteiger charge is 2.12. The monoisotopic (exact) mass is 272 g/mol. The Morgan fingerprint density at radius 2 is 2.20 bits per heavy atom. The van der Waals surface area contributed by atoms with Crippen LogP contribution in [0.3, 0.4) is 0 Å². The van der Waals surface area contributed by atoms with Gasteiger partial charge in [0.25, 0.3) is 0 Å². The fraction of sp³-hybridized carbons (Fsp3) is 0.308. The maximum Gasteiger partial charge on any atom is 0.201 e. The molecule has 0 bridgehead atoms. The molecule has 0 aliphatic heterocycles. The second-order valence-corrected chi connectivity index (χ2v) is 4.34. The summed E-state index contributed by atoms with van der Waals surface area (Å²) in [5, 5.41) is 7.72. The molecule has 0 saturated carbocycles. The van der Waals surface area contributed by atoms with Crippen molar-refractivity contribution in [3.63, 3.8) is 0 Å². The van der Waals surface area contributed by atoms with E-state index in [-0.39, 0.29) is 0 Å². The molecule has 2 N–H and O–H groups in total. The molecule has 104 valence electrons. The first kappa shape index (κ1) is 12.5. The number of rotatable bonds is 5. The number of nitrogens with two attached hydrogens (primary N) is 1. The number of fused-ring (bicyclic) bond motifs is 1. The van der Waals surface area contributed by atoms with Crippen molar-refractivity contribution in [1.82, 2.24) is 24.5 Å². The van der Waals surface area contributed by atoms with Crippen molar-refractivity contribution >= 4 is 17.0 Å². The average molecular weight is 272 g/mol. The molecule has 0 saturated heterocycles. The van der Waals surface area contributed by atoms with Gasteiger partial charge in [-0.05, 0) is 19.1 Å². The second kappa shape index (κ2) is 5.20. The van der Waals surface area contributed by atoms with Gasteiger partial charge in [-0.2, -0.15) is 0 Å². The minimum absolute atomic E-state index is 0.479. The second-order valence-electron chi connectivity index (χ2n) is 4.34. The Balaban J connectivity index is 1.94. The third-order valence-corrected chi connectivity index (χ3v) is 3.10. The molecule has 3 aromatic rings. The van der Waals surface area contributed by atoms with Crippen LogP contribution in [0.5, 0.6) is 5.75 Å². The minimum atomic E-state index is 0.479. The van der Waals surface area contributed by atoms with Crippen LogP contribution in [0.2, 0.25) is 0 Å². The predicted molar refractivity (Wildman–Crippen MR) is 75.3 cm³/mol. The number of nitrogens with zero attached hydrogens (tertiary/aromatic N) is 5. The summed E-state index contributed by atoms with van der Waals surface area (Å²) >= 11 is 0. The number of benzene rings is 1. The first-order valence-corrected chi connectivity index (χ1v) is 6.51. The van der Waals surface area contributed by atoms with Gasteiger partial charge in [0.1, 0.15) is 11.3 Å². The zero-order valence-electron chi connectivity index (χ0n) is 11.2. The fourth-order valence-corrected chi connectivity index (χ4v) is 2.20. The molecular weight excluding hydrogens is 256 g/mol. The third-order valence-electron chi connectivity index (χ3n) is 3.10. The van der Waals surface area contributed by atoms with Crippen molar-refractivity contribution in [2.24, 2.45) is 0 Å². The maximum atomic E-state index is 6.01. The van der Waals surface area contributed by atoms with Gasteiger partial charge in [0.15, 0.2) is 0 Å². The van der Waals surface area contributed by atoms with E-state index in [2.05, 4.69) is 15.3 Å². The van der Waals surface area contributed by atoms with Gasteiger partial charge in [0, 0.05) is 12.7 Å². The molecule has 7 heteroatoms. The van der Waals surface area contributed by atoms with Crippen molar-refractivity contribution in [2.45, 2.75) is 20.0 Å². The quantitative estimate of drug-likeness (QED) is 0.757. The summed E-state index contributed by atoms with van der Waals surface area (Å²) in [5.41, 5.74) is 7.77. The van der Waals surface area contributed by atoms with Crippen LogP contribution >= 0.6 is 0 Å². The largest absolute Gasteiger partial charge is 0.492 e. The van der Waals surface area contributed by atoms with E-state index in [0.29, 0.717) is 25.6 Å². The van der Waals surface area contributed by atoms with Gasteiger partial charge in [-0.15, -0.1) is 5.10 Å². The molecule has 0 aliphatic rings. The molecule has 0 unspecified atom stereocenters. The van der Waals surface area contributed by atoms with Crippen LogP contribution in [0.25, 0.3) is 11.0 Å². The lowest BCUT2D eigenvalue weighted by atomic mass is 10.3. The number of ether oxygens (including phenoxy) is 1. The van der Waals surface area contributed by atoms with Crippen LogP contribution in [-0.4, -0.2) is 31.2 Å². The van der Waals surface area contributed by atoms with Crippen LogP contribution in [-0.2, 0) is 13.1 Å². The number of aromatic nitrogens is 5. The molecule has 0 radical (unpaired) electrons. The summed E-state index contributed by atoms with van der Waals surface area (Å²) < 4.78 is 9.30. The maximum absolute atomic E-state index is 6.01. The Labute approximate surface area is 116 Å². The molecule has 0 aliphatic carbocycles. The number of para-hydroxylation sites is 1. The number of imidazole rings is 1. The Morgan fingerprint density at radius 3 is 2.95 bits per heavy atom. The third kappa shape index (κ3) is 2.18.